The van der Waals surface area contributed by atoms with E-state index < -0.39 is 7.74 Å². The molecule has 0 radical (unpaired) electrons. The second-order valence-corrected chi connectivity index (χ2v) is 3.22. The third kappa shape index (κ3) is 3.18. The maximum atomic E-state index is 8.58. The zero-order valence-corrected chi connectivity index (χ0v) is 6.53. The monoisotopic (exact) mass is 173 g/mol. The Hall–Kier alpha value is -0.830. The van der Waals surface area contributed by atoms with Gasteiger partial charge in [-0.15, -0.1) is 0 Å². The average molecular weight is 173 g/mol. The molecule has 0 amide bonds. The molecule has 0 spiro atoms. The minimum absolute atomic E-state index is 0.292. The highest BCUT2D eigenvalue weighted by Gasteiger charge is 2.08. The van der Waals surface area contributed by atoms with E-state index in [2.05, 4.69) is 4.52 Å². The van der Waals surface area contributed by atoms with Crippen LogP contribution in [0.2, 0.25) is 0 Å². The van der Waals surface area contributed by atoms with E-state index >= 15 is 0 Å². The van der Waals surface area contributed by atoms with E-state index in [9.17, 15) is 0 Å². The Balaban J connectivity index is 2.74. The Morgan fingerprint density at radius 1 is 1.18 bits per heavy atom. The minimum atomic E-state index is -3.89. The zero-order chi connectivity index (χ0) is 8.32. The van der Waals surface area contributed by atoms with Crippen molar-refractivity contribution < 1.29 is 14.3 Å². The molecule has 5 heteroatoms. The SMILES string of the molecule is N=P(O)(O)Oc1ccccc1. The lowest BCUT2D eigenvalue weighted by molar-refractivity contribution is 0.352. The number of hydrogen-bond acceptors (Lipinski definition) is 2. The van der Waals surface area contributed by atoms with Crippen molar-refractivity contribution in [3.8, 4) is 5.75 Å². The maximum absolute atomic E-state index is 8.58. The molecule has 11 heavy (non-hydrogen) atoms. The van der Waals surface area contributed by atoms with Gasteiger partial charge in [0.1, 0.15) is 5.75 Å². The molecule has 1 aromatic rings. The highest BCUT2D eigenvalue weighted by molar-refractivity contribution is 7.48. The molecule has 0 bridgehead atoms. The van der Waals surface area contributed by atoms with Crippen LogP contribution in [0, 0.1) is 5.16 Å². The fourth-order valence-corrected chi connectivity index (χ4v) is 1.04. The van der Waals surface area contributed by atoms with Crippen LogP contribution in [0.15, 0.2) is 30.3 Å². The topological polar surface area (TPSA) is 73.5 Å². The van der Waals surface area contributed by atoms with Crippen LogP contribution in [-0.2, 0) is 0 Å². The van der Waals surface area contributed by atoms with E-state index in [0.29, 0.717) is 5.75 Å². The second-order valence-electron chi connectivity index (χ2n) is 1.95. The smallest absolute Gasteiger partial charge is 0.402 e. The van der Waals surface area contributed by atoms with Gasteiger partial charge in [-0.2, -0.15) is 0 Å². The highest BCUT2D eigenvalue weighted by Crippen LogP contribution is 2.37. The first kappa shape index (κ1) is 8.27. The van der Waals surface area contributed by atoms with Crippen LogP contribution in [0.4, 0.5) is 0 Å². The van der Waals surface area contributed by atoms with Crippen molar-refractivity contribution >= 4 is 7.74 Å². The van der Waals surface area contributed by atoms with Crippen LogP contribution >= 0.6 is 7.74 Å². The molecule has 3 N–H and O–H groups in total. The largest absolute Gasteiger partial charge is 0.419 e. The lowest BCUT2D eigenvalue weighted by Gasteiger charge is -2.08. The Morgan fingerprint density at radius 2 is 1.73 bits per heavy atom. The summed E-state index contributed by atoms with van der Waals surface area (Å²) in [6, 6.07) is 8.24. The molecule has 0 unspecified atom stereocenters. The van der Waals surface area contributed by atoms with Crippen molar-refractivity contribution in [2.45, 2.75) is 0 Å². The molecule has 0 aromatic heterocycles. The van der Waals surface area contributed by atoms with Crippen molar-refractivity contribution in [1.82, 2.24) is 0 Å². The van der Waals surface area contributed by atoms with Gasteiger partial charge in [0.2, 0.25) is 0 Å². The number of benzene rings is 1. The van der Waals surface area contributed by atoms with E-state index in [1.54, 1.807) is 30.3 Å². The number of hydrogen-bond donors (Lipinski definition) is 3. The summed E-state index contributed by atoms with van der Waals surface area (Å²) in [7, 11) is -3.89. The predicted octanol–water partition coefficient (Wildman–Crippen LogP) is 1.57. The molecule has 1 aromatic carbocycles. The first-order chi connectivity index (χ1) is 5.08. The highest BCUT2D eigenvalue weighted by atomic mass is 31.2. The van der Waals surface area contributed by atoms with Crippen molar-refractivity contribution in [2.75, 3.05) is 0 Å². The van der Waals surface area contributed by atoms with Gasteiger partial charge < -0.3 is 14.3 Å². The van der Waals surface area contributed by atoms with Gasteiger partial charge in [-0.05, 0) is 12.1 Å². The fourth-order valence-electron chi connectivity index (χ4n) is 0.628. The lowest BCUT2D eigenvalue weighted by Crippen LogP contribution is -1.88. The van der Waals surface area contributed by atoms with Crippen molar-refractivity contribution in [2.24, 2.45) is 0 Å². The van der Waals surface area contributed by atoms with Crippen LogP contribution < -0.4 is 4.52 Å². The lowest BCUT2D eigenvalue weighted by atomic mass is 10.3. The van der Waals surface area contributed by atoms with Gasteiger partial charge in [0.15, 0.2) is 0 Å². The summed E-state index contributed by atoms with van der Waals surface area (Å²) >= 11 is 0. The van der Waals surface area contributed by atoms with E-state index in [-0.39, 0.29) is 0 Å². The Bertz CT molecular complexity index is 268. The molecular formula is C6H8NO3P. The summed E-state index contributed by atoms with van der Waals surface area (Å²) in [4.78, 5) is 17.2. The van der Waals surface area contributed by atoms with Crippen molar-refractivity contribution in [3.63, 3.8) is 0 Å². The molecule has 0 aliphatic rings. The van der Waals surface area contributed by atoms with Crippen LogP contribution in [0.1, 0.15) is 0 Å². The minimum Gasteiger partial charge on any atom is -0.419 e. The van der Waals surface area contributed by atoms with Crippen LogP contribution in [0.3, 0.4) is 0 Å². The zero-order valence-electron chi connectivity index (χ0n) is 5.64. The first-order valence-corrected chi connectivity index (χ1v) is 4.53. The van der Waals surface area contributed by atoms with Gasteiger partial charge in [0.05, 0.1) is 0 Å². The summed E-state index contributed by atoms with van der Waals surface area (Å²) in [5.74, 6) is 0.292. The molecule has 0 atom stereocenters. The normalized spacial score (nSPS) is 11.1. The van der Waals surface area contributed by atoms with Gasteiger partial charge in [-0.1, -0.05) is 18.2 Å². The van der Waals surface area contributed by atoms with Crippen LogP contribution in [0.25, 0.3) is 0 Å². The second kappa shape index (κ2) is 3.05. The molecule has 1 rings (SSSR count). The third-order valence-electron chi connectivity index (χ3n) is 0.976. The summed E-state index contributed by atoms with van der Waals surface area (Å²) in [5, 5.41) is 6.67. The molecule has 0 saturated heterocycles. The van der Waals surface area contributed by atoms with E-state index in [4.69, 9.17) is 14.9 Å². The maximum Gasteiger partial charge on any atom is 0.402 e. The van der Waals surface area contributed by atoms with Gasteiger partial charge in [0.25, 0.3) is 0 Å². The Morgan fingerprint density at radius 3 is 2.18 bits per heavy atom. The van der Waals surface area contributed by atoms with Crippen molar-refractivity contribution in [1.29, 1.82) is 5.16 Å². The fraction of sp³-hybridized carbons (Fsp3) is 0. The number of nitrogens with one attached hydrogen (secondary N) is 1. The van der Waals surface area contributed by atoms with Crippen molar-refractivity contribution in [3.05, 3.63) is 30.3 Å². The van der Waals surface area contributed by atoms with Gasteiger partial charge >= 0.3 is 7.74 Å². The van der Waals surface area contributed by atoms with E-state index in [1.807, 2.05) is 0 Å². The Labute approximate surface area is 64.2 Å². The summed E-state index contributed by atoms with van der Waals surface area (Å²) < 4.78 is 4.49. The van der Waals surface area contributed by atoms with E-state index in [1.165, 1.54) is 0 Å². The van der Waals surface area contributed by atoms with E-state index in [0.717, 1.165) is 0 Å². The summed E-state index contributed by atoms with van der Waals surface area (Å²) in [5.41, 5.74) is 0. The van der Waals surface area contributed by atoms with Gasteiger partial charge in [-0.3, -0.25) is 0 Å². The molecule has 0 saturated carbocycles. The molecule has 0 aliphatic carbocycles. The summed E-state index contributed by atoms with van der Waals surface area (Å²) in [6.07, 6.45) is 0. The van der Waals surface area contributed by atoms with Crippen LogP contribution in [0.5, 0.6) is 5.75 Å². The quantitative estimate of drug-likeness (QED) is 0.594. The number of rotatable bonds is 2. The third-order valence-corrected chi connectivity index (χ3v) is 1.44. The molecule has 0 aliphatic heterocycles. The molecule has 60 valence electrons. The number of para-hydroxylation sites is 1. The van der Waals surface area contributed by atoms with Gasteiger partial charge in [-0.25, -0.2) is 5.16 Å². The van der Waals surface area contributed by atoms with Crippen LogP contribution in [-0.4, -0.2) is 9.79 Å². The predicted molar refractivity (Wildman–Crippen MR) is 41.1 cm³/mol. The standard InChI is InChI=1S/C6H8NO3P/c7-11(8,9)10-6-4-2-1-3-5-6/h1-5H,(H3,7,8,9). The molecule has 4 nitrogen and oxygen atoms in total. The molecule has 0 fully saturated rings. The first-order valence-electron chi connectivity index (χ1n) is 2.92. The van der Waals surface area contributed by atoms with Gasteiger partial charge in [0, 0.05) is 0 Å². The average Bonchev–Trinajstić information content (AvgIpc) is 1.85. The molecule has 0 heterocycles. The molecular weight excluding hydrogens is 165 g/mol. The Kier molecular flexibility index (Phi) is 2.29. The summed E-state index contributed by atoms with van der Waals surface area (Å²) in [6.45, 7) is 0.